The lowest BCUT2D eigenvalue weighted by Crippen LogP contribution is -2.20. The van der Waals surface area contributed by atoms with E-state index in [-0.39, 0.29) is 5.56 Å². The number of para-hydroxylation sites is 1. The van der Waals surface area contributed by atoms with E-state index in [1.54, 1.807) is 10.9 Å². The van der Waals surface area contributed by atoms with Gasteiger partial charge in [-0.15, -0.1) is 0 Å². The first kappa shape index (κ1) is 12.2. The largest absolute Gasteiger partial charge is 0.299 e. The number of aromatic nitrogens is 2. The normalized spacial score (nSPS) is 10.9. The third-order valence-corrected chi connectivity index (χ3v) is 3.61. The van der Waals surface area contributed by atoms with Gasteiger partial charge in [0, 0.05) is 6.54 Å². The topological polar surface area (TPSA) is 34.9 Å². The minimum absolute atomic E-state index is 0.0668. The minimum atomic E-state index is 0.0668. The Labute approximate surface area is 105 Å². The van der Waals surface area contributed by atoms with Crippen molar-refractivity contribution in [3.8, 4) is 0 Å². The molecule has 4 heteroatoms. The smallest absolute Gasteiger partial charge is 0.261 e. The van der Waals surface area contributed by atoms with Gasteiger partial charge in [0.1, 0.15) is 0 Å². The van der Waals surface area contributed by atoms with Crippen molar-refractivity contribution in [3.05, 3.63) is 40.9 Å². The summed E-state index contributed by atoms with van der Waals surface area (Å²) in [6.45, 7) is 2.90. The van der Waals surface area contributed by atoms with E-state index in [2.05, 4.69) is 11.9 Å². The van der Waals surface area contributed by atoms with Gasteiger partial charge in [0.05, 0.1) is 17.2 Å². The van der Waals surface area contributed by atoms with Crippen molar-refractivity contribution in [2.45, 2.75) is 19.9 Å². The molecule has 0 aliphatic rings. The van der Waals surface area contributed by atoms with E-state index >= 15 is 0 Å². The maximum absolute atomic E-state index is 12.1. The molecule has 0 aliphatic heterocycles. The monoisotopic (exact) mass is 248 g/mol. The predicted octanol–water partition coefficient (Wildman–Crippen LogP) is 2.54. The predicted molar refractivity (Wildman–Crippen MR) is 73.6 cm³/mol. The van der Waals surface area contributed by atoms with Crippen LogP contribution in [0.25, 0.3) is 10.9 Å². The minimum Gasteiger partial charge on any atom is -0.299 e. The molecular formula is C13H16N2OS. The second-order valence-electron chi connectivity index (χ2n) is 3.81. The summed E-state index contributed by atoms with van der Waals surface area (Å²) in [5, 5.41) is 0.707. The first-order valence-electron chi connectivity index (χ1n) is 5.85. The zero-order chi connectivity index (χ0) is 12.1. The Hall–Kier alpha value is -1.29. The lowest BCUT2D eigenvalue weighted by Gasteiger charge is -2.05. The SMILES string of the molecule is CCSCCCn1cnc2ccccc2c1=O. The Morgan fingerprint density at radius 2 is 2.18 bits per heavy atom. The molecule has 1 heterocycles. The average molecular weight is 248 g/mol. The number of fused-ring (bicyclic) bond motifs is 1. The van der Waals surface area contributed by atoms with Gasteiger partial charge in [-0.1, -0.05) is 19.1 Å². The van der Waals surface area contributed by atoms with Gasteiger partial charge in [0.15, 0.2) is 0 Å². The molecule has 0 spiro atoms. The van der Waals surface area contributed by atoms with Gasteiger partial charge in [0.2, 0.25) is 0 Å². The zero-order valence-electron chi connectivity index (χ0n) is 9.93. The highest BCUT2D eigenvalue weighted by molar-refractivity contribution is 7.99. The molecule has 0 saturated heterocycles. The maximum Gasteiger partial charge on any atom is 0.261 e. The van der Waals surface area contributed by atoms with Crippen LogP contribution in [0.15, 0.2) is 35.4 Å². The van der Waals surface area contributed by atoms with Gasteiger partial charge in [-0.05, 0) is 30.1 Å². The number of benzene rings is 1. The van der Waals surface area contributed by atoms with Crippen molar-refractivity contribution in [3.63, 3.8) is 0 Å². The van der Waals surface area contributed by atoms with Crippen molar-refractivity contribution in [1.29, 1.82) is 0 Å². The Kier molecular flexibility index (Phi) is 4.20. The van der Waals surface area contributed by atoms with Crippen molar-refractivity contribution in [1.82, 2.24) is 9.55 Å². The molecule has 0 saturated carbocycles. The summed E-state index contributed by atoms with van der Waals surface area (Å²) in [6.07, 6.45) is 2.67. The number of rotatable bonds is 5. The molecule has 0 radical (unpaired) electrons. The van der Waals surface area contributed by atoms with Crippen LogP contribution >= 0.6 is 11.8 Å². The highest BCUT2D eigenvalue weighted by Crippen LogP contribution is 2.06. The molecule has 1 aromatic heterocycles. The summed E-state index contributed by atoms with van der Waals surface area (Å²) in [4.78, 5) is 16.4. The molecule has 2 aromatic rings. The second kappa shape index (κ2) is 5.87. The van der Waals surface area contributed by atoms with Crippen LogP contribution in [-0.4, -0.2) is 21.1 Å². The Balaban J connectivity index is 2.18. The van der Waals surface area contributed by atoms with Crippen LogP contribution in [0, 0.1) is 0 Å². The number of aryl methyl sites for hydroxylation is 1. The van der Waals surface area contributed by atoms with Crippen molar-refractivity contribution in [2.75, 3.05) is 11.5 Å². The van der Waals surface area contributed by atoms with Crippen molar-refractivity contribution >= 4 is 22.7 Å². The molecular weight excluding hydrogens is 232 g/mol. The molecule has 0 atom stereocenters. The molecule has 3 nitrogen and oxygen atoms in total. The van der Waals surface area contributed by atoms with E-state index in [0.29, 0.717) is 5.39 Å². The van der Waals surface area contributed by atoms with Gasteiger partial charge >= 0.3 is 0 Å². The molecule has 0 bridgehead atoms. The van der Waals surface area contributed by atoms with Gasteiger partial charge < -0.3 is 0 Å². The molecule has 17 heavy (non-hydrogen) atoms. The second-order valence-corrected chi connectivity index (χ2v) is 5.20. The van der Waals surface area contributed by atoms with Crippen molar-refractivity contribution < 1.29 is 0 Å². The van der Waals surface area contributed by atoms with Crippen LogP contribution in [-0.2, 0) is 6.54 Å². The van der Waals surface area contributed by atoms with Crippen LogP contribution < -0.4 is 5.56 Å². The quantitative estimate of drug-likeness (QED) is 0.763. The van der Waals surface area contributed by atoms with Gasteiger partial charge in [-0.3, -0.25) is 9.36 Å². The molecule has 0 amide bonds. The summed E-state index contributed by atoms with van der Waals surface area (Å²) in [7, 11) is 0. The van der Waals surface area contributed by atoms with E-state index in [0.717, 1.165) is 30.0 Å². The van der Waals surface area contributed by atoms with E-state index in [1.165, 1.54) is 0 Å². The zero-order valence-corrected chi connectivity index (χ0v) is 10.7. The standard InChI is InChI=1S/C13H16N2OS/c1-2-17-9-5-8-15-10-14-12-7-4-3-6-11(12)13(15)16/h3-4,6-7,10H,2,5,8-9H2,1H3. The molecule has 1 aromatic carbocycles. The molecule has 0 unspecified atom stereocenters. The molecule has 0 N–H and O–H groups in total. The third-order valence-electron chi connectivity index (χ3n) is 2.62. The van der Waals surface area contributed by atoms with Gasteiger partial charge in [-0.2, -0.15) is 11.8 Å². The highest BCUT2D eigenvalue weighted by Gasteiger charge is 2.02. The first-order valence-corrected chi connectivity index (χ1v) is 7.00. The lowest BCUT2D eigenvalue weighted by atomic mass is 10.2. The highest BCUT2D eigenvalue weighted by atomic mass is 32.2. The fourth-order valence-electron chi connectivity index (χ4n) is 1.75. The van der Waals surface area contributed by atoms with Crippen LogP contribution in [0.4, 0.5) is 0 Å². The number of hydrogen-bond donors (Lipinski definition) is 0. The Morgan fingerprint density at radius 3 is 3.00 bits per heavy atom. The summed E-state index contributed by atoms with van der Waals surface area (Å²) in [5.41, 5.74) is 0.841. The van der Waals surface area contributed by atoms with E-state index in [1.807, 2.05) is 36.0 Å². The van der Waals surface area contributed by atoms with Gasteiger partial charge in [-0.25, -0.2) is 4.98 Å². The fraction of sp³-hybridized carbons (Fsp3) is 0.385. The first-order chi connectivity index (χ1) is 8.33. The van der Waals surface area contributed by atoms with E-state index < -0.39 is 0 Å². The number of hydrogen-bond acceptors (Lipinski definition) is 3. The summed E-state index contributed by atoms with van der Waals surface area (Å²) >= 11 is 1.90. The van der Waals surface area contributed by atoms with Crippen LogP contribution in [0.2, 0.25) is 0 Å². The number of nitrogens with zero attached hydrogens (tertiary/aromatic N) is 2. The lowest BCUT2D eigenvalue weighted by molar-refractivity contribution is 0.652. The van der Waals surface area contributed by atoms with E-state index in [4.69, 9.17) is 0 Å². The molecule has 0 fully saturated rings. The fourth-order valence-corrected chi connectivity index (χ4v) is 2.37. The maximum atomic E-state index is 12.1. The molecule has 2 rings (SSSR count). The van der Waals surface area contributed by atoms with Crippen LogP contribution in [0.3, 0.4) is 0 Å². The Morgan fingerprint density at radius 1 is 1.35 bits per heavy atom. The number of thioether (sulfide) groups is 1. The Bertz CT molecular complexity index is 550. The molecule has 0 aliphatic carbocycles. The average Bonchev–Trinajstić information content (AvgIpc) is 2.37. The third kappa shape index (κ3) is 2.88. The summed E-state index contributed by atoms with van der Waals surface area (Å²) in [6, 6.07) is 7.48. The molecule has 90 valence electrons. The van der Waals surface area contributed by atoms with Crippen LogP contribution in [0.5, 0.6) is 0 Å². The van der Waals surface area contributed by atoms with Gasteiger partial charge in [0.25, 0.3) is 5.56 Å². The summed E-state index contributed by atoms with van der Waals surface area (Å²) < 4.78 is 1.71. The van der Waals surface area contributed by atoms with Crippen molar-refractivity contribution in [2.24, 2.45) is 0 Å². The van der Waals surface area contributed by atoms with E-state index in [9.17, 15) is 4.79 Å². The van der Waals surface area contributed by atoms with Crippen LogP contribution in [0.1, 0.15) is 13.3 Å². The summed E-state index contributed by atoms with van der Waals surface area (Å²) in [5.74, 6) is 2.22.